The van der Waals surface area contributed by atoms with E-state index in [0.29, 0.717) is 10.8 Å². The number of aliphatic hydroxyl groups excluding tert-OH is 1. The van der Waals surface area contributed by atoms with E-state index in [-0.39, 0.29) is 6.10 Å². The van der Waals surface area contributed by atoms with Crippen molar-refractivity contribution in [2.75, 3.05) is 0 Å². The summed E-state index contributed by atoms with van der Waals surface area (Å²) in [6.45, 7) is 15.3. The van der Waals surface area contributed by atoms with Crippen LogP contribution in [-0.4, -0.2) is 11.2 Å². The fourth-order valence-corrected chi connectivity index (χ4v) is 10.5. The summed E-state index contributed by atoms with van der Waals surface area (Å²) in [5.74, 6) is 7.36. The average Bonchev–Trinajstić information content (AvgIpc) is 3.16. The lowest BCUT2D eigenvalue weighted by atomic mass is 9.44. The van der Waals surface area contributed by atoms with E-state index < -0.39 is 0 Å². The molecule has 8 unspecified atom stereocenters. The van der Waals surface area contributed by atoms with Crippen molar-refractivity contribution in [3.63, 3.8) is 0 Å². The van der Waals surface area contributed by atoms with Crippen LogP contribution in [0.25, 0.3) is 0 Å². The summed E-state index contributed by atoms with van der Waals surface area (Å²) in [5, 5.41) is 10.3. The van der Waals surface area contributed by atoms with Crippen LogP contribution >= 0.6 is 0 Å². The molecule has 0 bridgehead atoms. The maximum Gasteiger partial charge on any atom is 0.0543 e. The van der Waals surface area contributed by atoms with E-state index in [0.717, 1.165) is 60.2 Å². The normalized spacial score (nSPS) is 43.8. The summed E-state index contributed by atoms with van der Waals surface area (Å²) in [4.78, 5) is 0. The van der Waals surface area contributed by atoms with Crippen molar-refractivity contribution in [3.8, 4) is 0 Å². The summed E-state index contributed by atoms with van der Waals surface area (Å²) in [6, 6.07) is 0. The minimum Gasteiger partial charge on any atom is -0.393 e. The largest absolute Gasteiger partial charge is 0.393 e. The molecule has 10 atom stereocenters. The molecule has 1 heteroatoms. The van der Waals surface area contributed by atoms with Crippen LogP contribution in [0.15, 0.2) is 0 Å². The number of fused-ring (bicyclic) bond motifs is 5. The van der Waals surface area contributed by atoms with Crippen LogP contribution in [-0.2, 0) is 0 Å². The Labute approximate surface area is 213 Å². The number of hydrogen-bond donors (Lipinski definition) is 1. The van der Waals surface area contributed by atoms with Crippen molar-refractivity contribution in [2.24, 2.45) is 58.2 Å². The zero-order valence-corrected chi connectivity index (χ0v) is 24.0. The van der Waals surface area contributed by atoms with Crippen molar-refractivity contribution in [1.82, 2.24) is 0 Å². The first-order valence-electron chi connectivity index (χ1n) is 15.9. The van der Waals surface area contributed by atoms with Crippen LogP contribution in [0, 0.1) is 58.2 Å². The molecule has 0 radical (unpaired) electrons. The quantitative estimate of drug-likeness (QED) is 0.314. The Morgan fingerprint density at radius 3 is 2.24 bits per heavy atom. The predicted molar refractivity (Wildman–Crippen MR) is 147 cm³/mol. The molecule has 34 heavy (non-hydrogen) atoms. The molecule has 1 N–H and O–H groups in total. The molecular weight excluding hydrogens is 412 g/mol. The van der Waals surface area contributed by atoms with Crippen LogP contribution < -0.4 is 0 Å². The molecule has 4 aliphatic rings. The van der Waals surface area contributed by atoms with Crippen molar-refractivity contribution >= 4 is 0 Å². The predicted octanol–water partition coefficient (Wildman–Crippen LogP) is 9.67. The molecule has 4 aliphatic carbocycles. The highest BCUT2D eigenvalue weighted by molar-refractivity contribution is 5.09. The van der Waals surface area contributed by atoms with Gasteiger partial charge in [-0.25, -0.2) is 0 Å². The zero-order valence-electron chi connectivity index (χ0n) is 24.0. The van der Waals surface area contributed by atoms with E-state index in [4.69, 9.17) is 0 Å². The Balaban J connectivity index is 1.36. The van der Waals surface area contributed by atoms with Crippen molar-refractivity contribution in [1.29, 1.82) is 0 Å². The van der Waals surface area contributed by atoms with Crippen LogP contribution in [0.3, 0.4) is 0 Å². The minimum atomic E-state index is -0.0125. The Kier molecular flexibility index (Phi) is 8.85. The number of aliphatic hydroxyl groups is 1. The molecule has 0 spiro atoms. The molecule has 0 aromatic rings. The molecule has 4 saturated carbocycles. The van der Waals surface area contributed by atoms with Gasteiger partial charge in [-0.3, -0.25) is 0 Å². The van der Waals surface area contributed by atoms with Gasteiger partial charge in [-0.05, 0) is 122 Å². The molecule has 0 aliphatic heterocycles. The SMILES string of the molecule is CCCCCCC(CCC(C)C1CCC2C3CCC4CC(O)CC[C@]4(C)C3CC[C@]12C)C(C)C. The molecular formula is C33H60O. The monoisotopic (exact) mass is 472 g/mol. The van der Waals surface area contributed by atoms with Gasteiger partial charge >= 0.3 is 0 Å². The fraction of sp³-hybridized carbons (Fsp3) is 1.00. The lowest BCUT2D eigenvalue weighted by molar-refractivity contribution is -0.129. The summed E-state index contributed by atoms with van der Waals surface area (Å²) in [7, 11) is 0. The number of hydrogen-bond acceptors (Lipinski definition) is 1. The van der Waals surface area contributed by atoms with Gasteiger partial charge in [-0.15, -0.1) is 0 Å². The molecule has 0 heterocycles. The van der Waals surface area contributed by atoms with Gasteiger partial charge in [0.2, 0.25) is 0 Å². The summed E-state index contributed by atoms with van der Waals surface area (Å²) < 4.78 is 0. The van der Waals surface area contributed by atoms with E-state index in [1.165, 1.54) is 89.9 Å². The van der Waals surface area contributed by atoms with Crippen LogP contribution in [0.5, 0.6) is 0 Å². The van der Waals surface area contributed by atoms with E-state index >= 15 is 0 Å². The molecule has 198 valence electrons. The topological polar surface area (TPSA) is 20.2 Å². The molecule has 4 rings (SSSR count). The van der Waals surface area contributed by atoms with Crippen LogP contribution in [0.4, 0.5) is 0 Å². The second-order valence-corrected chi connectivity index (χ2v) is 14.7. The third-order valence-electron chi connectivity index (χ3n) is 12.8. The van der Waals surface area contributed by atoms with Crippen LogP contribution in [0.2, 0.25) is 0 Å². The first kappa shape index (κ1) is 27.0. The molecule has 0 saturated heterocycles. The minimum absolute atomic E-state index is 0.0125. The Bertz CT molecular complexity index is 640. The maximum atomic E-state index is 10.3. The van der Waals surface area contributed by atoms with Gasteiger partial charge in [0, 0.05) is 0 Å². The lowest BCUT2D eigenvalue weighted by Gasteiger charge is -2.61. The highest BCUT2D eigenvalue weighted by Gasteiger charge is 2.60. The number of unbranched alkanes of at least 4 members (excludes halogenated alkanes) is 3. The Morgan fingerprint density at radius 2 is 1.50 bits per heavy atom. The molecule has 0 amide bonds. The smallest absolute Gasteiger partial charge is 0.0543 e. The standard InChI is InChI=1S/C33H60O/c1-7-8-9-10-11-25(23(2)3)13-12-24(4)29-16-17-30-28-15-14-26-22-27(34)18-20-32(26,5)31(28)19-21-33(29,30)6/h23-31,34H,7-22H2,1-6H3/t24?,25?,26?,27?,28?,29?,30?,31?,32-,33+/m0/s1. The van der Waals surface area contributed by atoms with E-state index in [1.54, 1.807) is 0 Å². The third-order valence-corrected chi connectivity index (χ3v) is 12.8. The first-order chi connectivity index (χ1) is 16.2. The number of rotatable bonds is 10. The summed E-state index contributed by atoms with van der Waals surface area (Å²) in [6.07, 6.45) is 22.4. The van der Waals surface area contributed by atoms with Gasteiger partial charge in [0.25, 0.3) is 0 Å². The second kappa shape index (κ2) is 11.1. The first-order valence-corrected chi connectivity index (χ1v) is 15.9. The zero-order chi connectivity index (χ0) is 24.5. The van der Waals surface area contributed by atoms with Gasteiger partial charge in [-0.2, -0.15) is 0 Å². The average molecular weight is 473 g/mol. The van der Waals surface area contributed by atoms with E-state index in [1.807, 2.05) is 0 Å². The Morgan fingerprint density at radius 1 is 0.765 bits per heavy atom. The van der Waals surface area contributed by atoms with Gasteiger partial charge in [0.05, 0.1) is 6.10 Å². The van der Waals surface area contributed by atoms with E-state index in [2.05, 4.69) is 41.5 Å². The molecule has 0 aromatic carbocycles. The molecule has 0 aromatic heterocycles. The van der Waals surface area contributed by atoms with Gasteiger partial charge in [0.1, 0.15) is 0 Å². The van der Waals surface area contributed by atoms with Crippen molar-refractivity contribution in [3.05, 3.63) is 0 Å². The maximum absolute atomic E-state index is 10.3. The van der Waals surface area contributed by atoms with Gasteiger partial charge in [0.15, 0.2) is 0 Å². The van der Waals surface area contributed by atoms with Gasteiger partial charge in [-0.1, -0.05) is 80.1 Å². The molecule has 4 fully saturated rings. The van der Waals surface area contributed by atoms with Crippen LogP contribution in [0.1, 0.15) is 144 Å². The summed E-state index contributed by atoms with van der Waals surface area (Å²) in [5.41, 5.74) is 1.13. The molecule has 1 nitrogen and oxygen atoms in total. The highest BCUT2D eigenvalue weighted by atomic mass is 16.3. The highest BCUT2D eigenvalue weighted by Crippen LogP contribution is 2.68. The second-order valence-electron chi connectivity index (χ2n) is 14.7. The summed E-state index contributed by atoms with van der Waals surface area (Å²) >= 11 is 0. The van der Waals surface area contributed by atoms with E-state index in [9.17, 15) is 5.11 Å². The van der Waals surface area contributed by atoms with Gasteiger partial charge < -0.3 is 5.11 Å². The lowest BCUT2D eigenvalue weighted by Crippen LogP contribution is -2.54. The third kappa shape index (κ3) is 5.17. The Hall–Kier alpha value is -0.0400. The van der Waals surface area contributed by atoms with Crippen molar-refractivity contribution < 1.29 is 5.11 Å². The fourth-order valence-electron chi connectivity index (χ4n) is 10.5. The van der Waals surface area contributed by atoms with Crippen molar-refractivity contribution in [2.45, 2.75) is 150 Å².